The lowest BCUT2D eigenvalue weighted by Crippen LogP contribution is -2.38. The maximum atomic E-state index is 13.9. The second-order valence-electron chi connectivity index (χ2n) is 8.82. The van der Waals surface area contributed by atoms with Crippen molar-refractivity contribution in [3.05, 3.63) is 132 Å². The predicted molar refractivity (Wildman–Crippen MR) is 137 cm³/mol. The number of anilines is 1. The Hall–Kier alpha value is -4.65. The first-order valence-electron chi connectivity index (χ1n) is 11.8. The van der Waals surface area contributed by atoms with Crippen LogP contribution in [-0.4, -0.2) is 25.3 Å². The Balaban J connectivity index is 1.54. The lowest BCUT2D eigenvalue weighted by atomic mass is 10.0. The second-order valence-corrected chi connectivity index (χ2v) is 8.82. The van der Waals surface area contributed by atoms with Crippen LogP contribution >= 0.6 is 0 Å². The van der Waals surface area contributed by atoms with Gasteiger partial charge in [-0.25, -0.2) is 13.9 Å². The van der Waals surface area contributed by atoms with Crippen molar-refractivity contribution in [3.63, 3.8) is 0 Å². The normalized spacial score (nSPS) is 14.6. The molecule has 6 nitrogen and oxygen atoms in total. The monoisotopic (exact) mass is 477 g/mol. The van der Waals surface area contributed by atoms with Crippen LogP contribution in [0.5, 0.6) is 0 Å². The SMILES string of the molecule is Cc1nn(-c2ccccc2)c2c1CN(C(=O)Nc1ccccc1)C(c1ccc(F)cc1)c1cccn1-2. The van der Waals surface area contributed by atoms with E-state index < -0.39 is 6.04 Å². The minimum atomic E-state index is -0.444. The van der Waals surface area contributed by atoms with Crippen molar-refractivity contribution < 1.29 is 9.18 Å². The van der Waals surface area contributed by atoms with Crippen LogP contribution in [0.4, 0.5) is 14.9 Å². The largest absolute Gasteiger partial charge is 0.322 e. The number of aryl methyl sites for hydroxylation is 1. The first kappa shape index (κ1) is 21.9. The Bertz CT molecular complexity index is 1520. The summed E-state index contributed by atoms with van der Waals surface area (Å²) in [7, 11) is 0. The van der Waals surface area contributed by atoms with E-state index in [9.17, 15) is 9.18 Å². The topological polar surface area (TPSA) is 55.1 Å². The Labute approximate surface area is 208 Å². The summed E-state index contributed by atoms with van der Waals surface area (Å²) in [4.78, 5) is 15.6. The number of amides is 2. The number of urea groups is 1. The van der Waals surface area contributed by atoms with Gasteiger partial charge >= 0.3 is 6.03 Å². The molecule has 1 aliphatic rings. The third kappa shape index (κ3) is 3.75. The molecule has 1 aliphatic heterocycles. The number of aromatic nitrogens is 3. The van der Waals surface area contributed by atoms with Gasteiger partial charge in [0.15, 0.2) is 0 Å². The van der Waals surface area contributed by atoms with E-state index >= 15 is 0 Å². The maximum Gasteiger partial charge on any atom is 0.322 e. The van der Waals surface area contributed by atoms with Gasteiger partial charge in [0.2, 0.25) is 0 Å². The highest BCUT2D eigenvalue weighted by Crippen LogP contribution is 2.38. The smallest absolute Gasteiger partial charge is 0.308 e. The molecule has 5 aromatic rings. The summed E-state index contributed by atoms with van der Waals surface area (Å²) in [6, 6.07) is 29.0. The van der Waals surface area contributed by atoms with Crippen molar-refractivity contribution in [2.24, 2.45) is 0 Å². The van der Waals surface area contributed by atoms with Gasteiger partial charge in [-0.15, -0.1) is 0 Å². The van der Waals surface area contributed by atoms with Crippen LogP contribution < -0.4 is 5.32 Å². The van der Waals surface area contributed by atoms with E-state index in [-0.39, 0.29) is 11.8 Å². The molecule has 1 unspecified atom stereocenters. The average molecular weight is 478 g/mol. The molecule has 0 bridgehead atoms. The van der Waals surface area contributed by atoms with Crippen molar-refractivity contribution in [3.8, 4) is 11.5 Å². The van der Waals surface area contributed by atoms with E-state index in [1.54, 1.807) is 17.0 Å². The summed E-state index contributed by atoms with van der Waals surface area (Å²) in [5.74, 6) is 0.572. The summed E-state index contributed by atoms with van der Waals surface area (Å²) >= 11 is 0. The Kier molecular flexibility index (Phi) is 5.37. The van der Waals surface area contributed by atoms with Gasteiger partial charge in [-0.05, 0) is 61.0 Å². The highest BCUT2D eigenvalue weighted by Gasteiger charge is 2.36. The van der Waals surface area contributed by atoms with Gasteiger partial charge in [-0.1, -0.05) is 48.5 Å². The third-order valence-corrected chi connectivity index (χ3v) is 6.56. The number of halogens is 1. The fourth-order valence-corrected chi connectivity index (χ4v) is 4.86. The fraction of sp³-hybridized carbons (Fsp3) is 0.103. The number of fused-ring (bicyclic) bond motifs is 3. The lowest BCUT2D eigenvalue weighted by Gasteiger charge is -2.31. The van der Waals surface area contributed by atoms with Gasteiger partial charge in [0, 0.05) is 17.4 Å². The molecule has 3 heterocycles. The van der Waals surface area contributed by atoms with Gasteiger partial charge in [-0.3, -0.25) is 0 Å². The fourth-order valence-electron chi connectivity index (χ4n) is 4.86. The molecule has 0 aliphatic carbocycles. The second kappa shape index (κ2) is 8.85. The average Bonchev–Trinajstić information content (AvgIpc) is 3.46. The maximum absolute atomic E-state index is 13.9. The zero-order valence-electron chi connectivity index (χ0n) is 19.7. The van der Waals surface area contributed by atoms with Crippen LogP contribution in [0, 0.1) is 12.7 Å². The zero-order chi connectivity index (χ0) is 24.6. The molecule has 2 amide bonds. The number of rotatable bonds is 3. The number of hydrogen-bond acceptors (Lipinski definition) is 2. The van der Waals surface area contributed by atoms with E-state index in [1.807, 2.05) is 90.6 Å². The van der Waals surface area contributed by atoms with Crippen molar-refractivity contribution in [1.82, 2.24) is 19.2 Å². The molecular formula is C29H24FN5O. The lowest BCUT2D eigenvalue weighted by molar-refractivity contribution is 0.194. The van der Waals surface area contributed by atoms with E-state index in [1.165, 1.54) is 12.1 Å². The van der Waals surface area contributed by atoms with Crippen LogP contribution in [0.3, 0.4) is 0 Å². The number of nitrogens with zero attached hydrogens (tertiary/aromatic N) is 4. The van der Waals surface area contributed by atoms with Crippen LogP contribution in [0.15, 0.2) is 103 Å². The van der Waals surface area contributed by atoms with Gasteiger partial charge < -0.3 is 14.8 Å². The van der Waals surface area contributed by atoms with E-state index in [4.69, 9.17) is 5.10 Å². The Morgan fingerprint density at radius 2 is 1.61 bits per heavy atom. The molecule has 0 fully saturated rings. The number of benzene rings is 3. The van der Waals surface area contributed by atoms with Gasteiger partial charge in [0.25, 0.3) is 0 Å². The zero-order valence-corrected chi connectivity index (χ0v) is 19.7. The van der Waals surface area contributed by atoms with E-state index in [0.717, 1.165) is 34.0 Å². The first-order valence-corrected chi connectivity index (χ1v) is 11.8. The van der Waals surface area contributed by atoms with Crippen molar-refractivity contribution in [2.75, 3.05) is 5.32 Å². The summed E-state index contributed by atoms with van der Waals surface area (Å²) in [6.07, 6.45) is 1.99. The highest BCUT2D eigenvalue weighted by molar-refractivity contribution is 5.90. The number of para-hydroxylation sites is 2. The molecule has 0 saturated heterocycles. The van der Waals surface area contributed by atoms with Crippen LogP contribution in [-0.2, 0) is 6.54 Å². The molecule has 0 radical (unpaired) electrons. The summed E-state index contributed by atoms with van der Waals surface area (Å²) in [5.41, 5.74) is 5.14. The summed E-state index contributed by atoms with van der Waals surface area (Å²) in [6.45, 7) is 2.29. The standard InChI is InChI=1S/C29H24FN5O/c1-20-25-19-34(29(36)31-23-9-4-2-5-10-23)27(21-14-16-22(30)17-15-21)26-13-8-18-33(26)28(25)35(32-20)24-11-6-3-7-12-24/h2-18,27H,19H2,1H3,(H,31,36). The molecule has 7 heteroatoms. The van der Waals surface area contributed by atoms with E-state index in [0.29, 0.717) is 12.2 Å². The number of nitrogens with one attached hydrogen (secondary N) is 1. The molecule has 3 aromatic carbocycles. The molecule has 0 saturated carbocycles. The van der Waals surface area contributed by atoms with Crippen LogP contribution in [0.1, 0.15) is 28.6 Å². The van der Waals surface area contributed by atoms with Gasteiger partial charge in [-0.2, -0.15) is 5.10 Å². The molecule has 1 N–H and O–H groups in total. The van der Waals surface area contributed by atoms with Gasteiger partial charge in [0.1, 0.15) is 11.6 Å². The van der Waals surface area contributed by atoms with Gasteiger partial charge in [0.05, 0.1) is 29.7 Å². The molecule has 36 heavy (non-hydrogen) atoms. The number of carbonyl (C=O) groups excluding carboxylic acids is 1. The number of carbonyl (C=O) groups is 1. The molecule has 0 spiro atoms. The molecular weight excluding hydrogens is 453 g/mol. The summed E-state index contributed by atoms with van der Waals surface area (Å²) in [5, 5.41) is 7.90. The third-order valence-electron chi connectivity index (χ3n) is 6.56. The predicted octanol–water partition coefficient (Wildman–Crippen LogP) is 6.25. The quantitative estimate of drug-likeness (QED) is 0.334. The summed E-state index contributed by atoms with van der Waals surface area (Å²) < 4.78 is 17.9. The number of hydrogen-bond donors (Lipinski definition) is 1. The van der Waals surface area contributed by atoms with Crippen molar-refractivity contribution in [2.45, 2.75) is 19.5 Å². The minimum Gasteiger partial charge on any atom is -0.308 e. The molecule has 1 atom stereocenters. The highest BCUT2D eigenvalue weighted by atomic mass is 19.1. The van der Waals surface area contributed by atoms with Crippen molar-refractivity contribution >= 4 is 11.7 Å². The first-order chi connectivity index (χ1) is 17.6. The van der Waals surface area contributed by atoms with Crippen molar-refractivity contribution in [1.29, 1.82) is 0 Å². The Morgan fingerprint density at radius 1 is 0.917 bits per heavy atom. The van der Waals surface area contributed by atoms with E-state index in [2.05, 4.69) is 9.88 Å². The van der Waals surface area contributed by atoms with Crippen LogP contribution in [0.25, 0.3) is 11.5 Å². The Morgan fingerprint density at radius 3 is 2.33 bits per heavy atom. The molecule has 6 rings (SSSR count). The minimum absolute atomic E-state index is 0.247. The molecule has 2 aromatic heterocycles. The van der Waals surface area contributed by atoms with Crippen LogP contribution in [0.2, 0.25) is 0 Å². The molecule has 178 valence electrons.